The summed E-state index contributed by atoms with van der Waals surface area (Å²) in [5, 5.41) is 9.47. The first-order valence-electron chi connectivity index (χ1n) is 6.09. The number of halogens is 4. The van der Waals surface area contributed by atoms with Crippen molar-refractivity contribution in [3.8, 4) is 0 Å². The molecule has 6 heteroatoms. The number of hydrogen-bond acceptors (Lipinski definition) is 2. The van der Waals surface area contributed by atoms with Gasteiger partial charge >= 0.3 is 6.18 Å². The Kier molecular flexibility index (Phi) is 4.11. The van der Waals surface area contributed by atoms with Crippen molar-refractivity contribution < 1.29 is 18.3 Å². The SMILES string of the molecule is C[C@H](O)c1ccc(N(CC(F)(F)F)C2CC2)c(Br)c1. The van der Waals surface area contributed by atoms with Crippen LogP contribution >= 0.6 is 15.9 Å². The highest BCUT2D eigenvalue weighted by atomic mass is 79.9. The Hall–Kier alpha value is -0.750. The molecule has 1 aromatic carbocycles. The molecule has 1 N–H and O–H groups in total. The molecule has 19 heavy (non-hydrogen) atoms. The van der Waals surface area contributed by atoms with Crippen LogP contribution < -0.4 is 4.90 Å². The lowest BCUT2D eigenvalue weighted by Gasteiger charge is -2.27. The van der Waals surface area contributed by atoms with Gasteiger partial charge in [0, 0.05) is 10.5 Å². The minimum Gasteiger partial charge on any atom is -0.389 e. The van der Waals surface area contributed by atoms with Crippen molar-refractivity contribution in [3.05, 3.63) is 28.2 Å². The molecule has 1 saturated carbocycles. The molecule has 1 fully saturated rings. The molecule has 2 nitrogen and oxygen atoms in total. The highest BCUT2D eigenvalue weighted by Gasteiger charge is 2.38. The topological polar surface area (TPSA) is 23.5 Å². The van der Waals surface area contributed by atoms with E-state index in [1.807, 2.05) is 0 Å². The van der Waals surface area contributed by atoms with Crippen molar-refractivity contribution in [1.29, 1.82) is 0 Å². The molecule has 0 saturated heterocycles. The fourth-order valence-electron chi connectivity index (χ4n) is 2.01. The first kappa shape index (κ1) is 14.7. The smallest absolute Gasteiger partial charge is 0.389 e. The van der Waals surface area contributed by atoms with Crippen LogP contribution in [0.15, 0.2) is 22.7 Å². The molecule has 2 rings (SSSR count). The van der Waals surface area contributed by atoms with Crippen LogP contribution in [-0.4, -0.2) is 23.9 Å². The van der Waals surface area contributed by atoms with E-state index in [4.69, 9.17) is 0 Å². The Morgan fingerprint density at radius 1 is 1.42 bits per heavy atom. The van der Waals surface area contributed by atoms with Gasteiger partial charge in [0.05, 0.1) is 11.8 Å². The Balaban J connectivity index is 2.27. The van der Waals surface area contributed by atoms with E-state index in [0.29, 0.717) is 15.7 Å². The van der Waals surface area contributed by atoms with E-state index in [0.717, 1.165) is 12.8 Å². The van der Waals surface area contributed by atoms with Gasteiger partial charge in [-0.05, 0) is 53.4 Å². The summed E-state index contributed by atoms with van der Waals surface area (Å²) < 4.78 is 38.5. The highest BCUT2D eigenvalue weighted by Crippen LogP contribution is 2.38. The quantitative estimate of drug-likeness (QED) is 0.896. The molecule has 1 aliphatic rings. The largest absolute Gasteiger partial charge is 0.405 e. The van der Waals surface area contributed by atoms with Crippen molar-refractivity contribution >= 4 is 21.6 Å². The second kappa shape index (κ2) is 5.32. The van der Waals surface area contributed by atoms with Crippen LogP contribution in [0.2, 0.25) is 0 Å². The van der Waals surface area contributed by atoms with Crippen LogP contribution in [0, 0.1) is 0 Å². The normalized spacial score (nSPS) is 17.4. The third-order valence-corrected chi connectivity index (χ3v) is 3.74. The van der Waals surface area contributed by atoms with Gasteiger partial charge in [-0.25, -0.2) is 0 Å². The average Bonchev–Trinajstić information content (AvgIpc) is 3.08. The van der Waals surface area contributed by atoms with E-state index in [2.05, 4.69) is 15.9 Å². The lowest BCUT2D eigenvalue weighted by molar-refractivity contribution is -0.120. The Morgan fingerprint density at radius 3 is 2.47 bits per heavy atom. The number of alkyl halides is 3. The first-order valence-corrected chi connectivity index (χ1v) is 6.88. The fourth-order valence-corrected chi connectivity index (χ4v) is 2.63. The predicted octanol–water partition coefficient (Wildman–Crippen LogP) is 4.03. The van der Waals surface area contributed by atoms with Crippen molar-refractivity contribution in [2.75, 3.05) is 11.4 Å². The van der Waals surface area contributed by atoms with Crippen molar-refractivity contribution in [2.24, 2.45) is 0 Å². The molecule has 0 aromatic heterocycles. The van der Waals surface area contributed by atoms with Gasteiger partial charge in [-0.2, -0.15) is 13.2 Å². The second-order valence-corrected chi connectivity index (χ2v) is 5.72. The predicted molar refractivity (Wildman–Crippen MR) is 71.2 cm³/mol. The number of nitrogens with zero attached hydrogens (tertiary/aromatic N) is 1. The maximum absolute atomic E-state index is 12.6. The summed E-state index contributed by atoms with van der Waals surface area (Å²) >= 11 is 3.30. The Labute approximate surface area is 118 Å². The molecule has 0 aliphatic heterocycles. The zero-order valence-corrected chi connectivity index (χ0v) is 12.0. The third-order valence-electron chi connectivity index (χ3n) is 3.10. The standard InChI is InChI=1S/C13H15BrF3NO/c1-8(19)9-2-5-12(11(14)6-9)18(10-3-4-10)7-13(15,16)17/h2,5-6,8,10,19H,3-4,7H2,1H3/t8-/m0/s1. The minimum atomic E-state index is -4.22. The van der Waals surface area contributed by atoms with E-state index < -0.39 is 18.8 Å². The summed E-state index contributed by atoms with van der Waals surface area (Å²) in [5.74, 6) is 0. The maximum Gasteiger partial charge on any atom is 0.405 e. The molecule has 1 aromatic rings. The summed E-state index contributed by atoms with van der Waals surface area (Å²) in [7, 11) is 0. The number of aliphatic hydroxyl groups is 1. The monoisotopic (exact) mass is 337 g/mol. The van der Waals surface area contributed by atoms with Gasteiger partial charge in [0.15, 0.2) is 0 Å². The summed E-state index contributed by atoms with van der Waals surface area (Å²) in [5.41, 5.74) is 1.21. The van der Waals surface area contributed by atoms with E-state index in [1.54, 1.807) is 25.1 Å². The maximum atomic E-state index is 12.6. The molecule has 1 aliphatic carbocycles. The van der Waals surface area contributed by atoms with Crippen molar-refractivity contribution in [3.63, 3.8) is 0 Å². The van der Waals surface area contributed by atoms with Crippen LogP contribution in [0.5, 0.6) is 0 Å². The first-order chi connectivity index (χ1) is 8.78. The molecule has 1 atom stereocenters. The van der Waals surface area contributed by atoms with Crippen molar-refractivity contribution in [2.45, 2.75) is 38.1 Å². The second-order valence-electron chi connectivity index (χ2n) is 4.86. The van der Waals surface area contributed by atoms with E-state index in [-0.39, 0.29) is 6.04 Å². The summed E-state index contributed by atoms with van der Waals surface area (Å²) in [4.78, 5) is 1.38. The molecular weight excluding hydrogens is 323 g/mol. The van der Waals surface area contributed by atoms with Gasteiger partial charge in [0.25, 0.3) is 0 Å². The van der Waals surface area contributed by atoms with Crippen molar-refractivity contribution in [1.82, 2.24) is 0 Å². The van der Waals surface area contributed by atoms with Crippen LogP contribution in [0.1, 0.15) is 31.4 Å². The lowest BCUT2D eigenvalue weighted by atomic mass is 10.1. The number of aliphatic hydroxyl groups excluding tert-OH is 1. The molecule has 0 radical (unpaired) electrons. The number of rotatable bonds is 4. The molecule has 0 amide bonds. The average molecular weight is 338 g/mol. The highest BCUT2D eigenvalue weighted by molar-refractivity contribution is 9.10. The summed E-state index contributed by atoms with van der Waals surface area (Å²) in [6, 6.07) is 4.94. The van der Waals surface area contributed by atoms with Gasteiger partial charge in [0.2, 0.25) is 0 Å². The molecular formula is C13H15BrF3NO. The van der Waals surface area contributed by atoms with Gasteiger partial charge < -0.3 is 10.0 Å². The summed E-state index contributed by atoms with van der Waals surface area (Å²) in [6.07, 6.45) is -3.27. The van der Waals surface area contributed by atoms with Crippen LogP contribution in [0.4, 0.5) is 18.9 Å². The molecule has 106 valence electrons. The van der Waals surface area contributed by atoms with E-state index in [1.165, 1.54) is 4.90 Å². The zero-order valence-electron chi connectivity index (χ0n) is 10.4. The van der Waals surface area contributed by atoms with Gasteiger partial charge in [-0.3, -0.25) is 0 Å². The van der Waals surface area contributed by atoms with Gasteiger partial charge in [-0.1, -0.05) is 6.07 Å². The molecule has 0 unspecified atom stereocenters. The van der Waals surface area contributed by atoms with E-state index in [9.17, 15) is 18.3 Å². The molecule has 0 heterocycles. The van der Waals surface area contributed by atoms with Gasteiger partial charge in [0.1, 0.15) is 6.54 Å². The number of anilines is 1. The van der Waals surface area contributed by atoms with Gasteiger partial charge in [-0.15, -0.1) is 0 Å². The number of benzene rings is 1. The zero-order chi connectivity index (χ0) is 14.2. The summed E-state index contributed by atoms with van der Waals surface area (Å²) in [6.45, 7) is 0.681. The molecule has 0 bridgehead atoms. The van der Waals surface area contributed by atoms with E-state index >= 15 is 0 Å². The molecule has 0 spiro atoms. The van der Waals surface area contributed by atoms with Crippen LogP contribution in [0.25, 0.3) is 0 Å². The Bertz CT molecular complexity index is 458. The number of hydrogen-bond donors (Lipinski definition) is 1. The Morgan fingerprint density at radius 2 is 2.05 bits per heavy atom. The fraction of sp³-hybridized carbons (Fsp3) is 0.538. The van der Waals surface area contributed by atoms with Crippen LogP contribution in [0.3, 0.4) is 0 Å². The third kappa shape index (κ3) is 3.86. The lowest BCUT2D eigenvalue weighted by Crippen LogP contribution is -2.36. The minimum absolute atomic E-state index is 0.0321. The van der Waals surface area contributed by atoms with Crippen LogP contribution in [-0.2, 0) is 0 Å².